The van der Waals surface area contributed by atoms with Gasteiger partial charge < -0.3 is 15.4 Å². The number of ether oxygens (including phenoxy) is 1. The highest BCUT2D eigenvalue weighted by atomic mass is 35.5. The summed E-state index contributed by atoms with van der Waals surface area (Å²) in [5, 5.41) is 5.40. The van der Waals surface area contributed by atoms with Gasteiger partial charge in [0.25, 0.3) is 11.8 Å². The molecule has 2 aromatic carbocycles. The second-order valence-electron chi connectivity index (χ2n) is 5.82. The van der Waals surface area contributed by atoms with Gasteiger partial charge in [-0.25, -0.2) is 8.42 Å². The minimum Gasteiger partial charge on any atom is -0.383 e. The number of nitrogens with one attached hydrogen (secondary N) is 3. The molecule has 0 aliphatic heterocycles. The molecule has 28 heavy (non-hydrogen) atoms. The van der Waals surface area contributed by atoms with Crippen molar-refractivity contribution in [1.29, 1.82) is 0 Å². The molecular formula is C18H20ClN3O5S. The van der Waals surface area contributed by atoms with Crippen molar-refractivity contribution in [3.05, 3.63) is 58.6 Å². The Morgan fingerprint density at radius 3 is 2.43 bits per heavy atom. The van der Waals surface area contributed by atoms with Crippen molar-refractivity contribution >= 4 is 44.8 Å². The van der Waals surface area contributed by atoms with E-state index in [2.05, 4.69) is 15.4 Å². The van der Waals surface area contributed by atoms with E-state index < -0.39 is 15.9 Å². The lowest BCUT2D eigenvalue weighted by Crippen LogP contribution is -2.28. The van der Waals surface area contributed by atoms with E-state index in [4.69, 9.17) is 16.3 Å². The van der Waals surface area contributed by atoms with E-state index in [0.717, 1.165) is 6.26 Å². The highest BCUT2D eigenvalue weighted by Crippen LogP contribution is 2.23. The van der Waals surface area contributed by atoms with E-state index in [-0.39, 0.29) is 22.2 Å². The molecular weight excluding hydrogens is 406 g/mol. The molecule has 0 aliphatic carbocycles. The number of anilines is 2. The van der Waals surface area contributed by atoms with Gasteiger partial charge in [0.15, 0.2) is 0 Å². The van der Waals surface area contributed by atoms with Gasteiger partial charge in [-0.3, -0.25) is 14.3 Å². The van der Waals surface area contributed by atoms with Gasteiger partial charge in [-0.15, -0.1) is 0 Å². The molecule has 0 unspecified atom stereocenters. The predicted molar refractivity (Wildman–Crippen MR) is 109 cm³/mol. The quantitative estimate of drug-likeness (QED) is 0.562. The third-order valence-corrected chi connectivity index (χ3v) is 4.45. The van der Waals surface area contributed by atoms with Crippen LogP contribution in [-0.4, -0.2) is 46.7 Å². The van der Waals surface area contributed by atoms with Crippen molar-refractivity contribution < 1.29 is 22.7 Å². The summed E-state index contributed by atoms with van der Waals surface area (Å²) < 4.78 is 29.7. The van der Waals surface area contributed by atoms with Gasteiger partial charge in [0.1, 0.15) is 0 Å². The minimum absolute atomic E-state index is 0.0631. The highest BCUT2D eigenvalue weighted by molar-refractivity contribution is 7.92. The molecule has 2 aromatic rings. The van der Waals surface area contributed by atoms with Crippen molar-refractivity contribution in [1.82, 2.24) is 5.32 Å². The van der Waals surface area contributed by atoms with E-state index >= 15 is 0 Å². The second kappa shape index (κ2) is 9.54. The number of benzene rings is 2. The van der Waals surface area contributed by atoms with Crippen molar-refractivity contribution in [3.63, 3.8) is 0 Å². The largest absolute Gasteiger partial charge is 0.383 e. The number of hydrogen-bond donors (Lipinski definition) is 3. The Kier molecular flexibility index (Phi) is 7.38. The average Bonchev–Trinajstić information content (AvgIpc) is 2.61. The summed E-state index contributed by atoms with van der Waals surface area (Å²) >= 11 is 6.12. The first-order valence-electron chi connectivity index (χ1n) is 8.16. The summed E-state index contributed by atoms with van der Waals surface area (Å²) in [6.45, 7) is 0.696. The van der Waals surface area contributed by atoms with Crippen LogP contribution in [0.3, 0.4) is 0 Å². The molecule has 2 amide bonds. The van der Waals surface area contributed by atoms with Crippen LogP contribution in [0.4, 0.5) is 11.4 Å². The average molecular weight is 426 g/mol. The number of para-hydroxylation sites is 1. The molecule has 0 atom stereocenters. The SMILES string of the molecule is COCCNC(=O)c1ccccc1NC(=O)c1ccc(NS(C)(=O)=O)cc1Cl. The fourth-order valence-corrected chi connectivity index (χ4v) is 3.14. The van der Waals surface area contributed by atoms with Crippen molar-refractivity contribution in [3.8, 4) is 0 Å². The van der Waals surface area contributed by atoms with Gasteiger partial charge in [-0.1, -0.05) is 23.7 Å². The summed E-state index contributed by atoms with van der Waals surface area (Å²) in [7, 11) is -1.93. The number of carbonyl (C=O) groups excluding carboxylic acids is 2. The zero-order valence-electron chi connectivity index (χ0n) is 15.3. The van der Waals surface area contributed by atoms with Crippen LogP contribution < -0.4 is 15.4 Å². The standard InChI is InChI=1S/C18H20ClN3O5S/c1-27-10-9-20-17(23)14-5-3-4-6-16(14)21-18(24)13-8-7-12(11-15(13)19)22-28(2,25)26/h3-8,11,22H,9-10H2,1-2H3,(H,20,23)(H,21,24). The molecule has 0 aliphatic rings. The van der Waals surface area contributed by atoms with Crippen molar-refractivity contribution in [2.24, 2.45) is 0 Å². The smallest absolute Gasteiger partial charge is 0.257 e. The fraction of sp³-hybridized carbons (Fsp3) is 0.222. The molecule has 0 aromatic heterocycles. The summed E-state index contributed by atoms with van der Waals surface area (Å²) in [5.41, 5.74) is 0.979. The Balaban J connectivity index is 2.18. The Hall–Kier alpha value is -2.62. The van der Waals surface area contributed by atoms with E-state index in [1.165, 1.54) is 25.3 Å². The number of amides is 2. The molecule has 0 fully saturated rings. The topological polar surface area (TPSA) is 114 Å². The van der Waals surface area contributed by atoms with Crippen molar-refractivity contribution in [2.75, 3.05) is 36.6 Å². The molecule has 10 heteroatoms. The third kappa shape index (κ3) is 6.22. The van der Waals surface area contributed by atoms with E-state index in [9.17, 15) is 18.0 Å². The van der Waals surface area contributed by atoms with Gasteiger partial charge in [-0.05, 0) is 30.3 Å². The van der Waals surface area contributed by atoms with E-state index in [1.54, 1.807) is 24.3 Å². The lowest BCUT2D eigenvalue weighted by molar-refractivity contribution is 0.0938. The zero-order valence-corrected chi connectivity index (χ0v) is 16.9. The normalized spacial score (nSPS) is 11.0. The van der Waals surface area contributed by atoms with Gasteiger partial charge in [0.05, 0.1) is 34.7 Å². The molecule has 150 valence electrons. The van der Waals surface area contributed by atoms with Crippen LogP contribution in [0.1, 0.15) is 20.7 Å². The predicted octanol–water partition coefficient (Wildman–Crippen LogP) is 2.34. The van der Waals surface area contributed by atoms with E-state index in [1.807, 2.05) is 0 Å². The summed E-state index contributed by atoms with van der Waals surface area (Å²) in [5.74, 6) is -0.889. The first-order valence-corrected chi connectivity index (χ1v) is 10.4. The monoisotopic (exact) mass is 425 g/mol. The Bertz CT molecular complexity index is 979. The molecule has 0 saturated carbocycles. The van der Waals surface area contributed by atoms with Crippen LogP contribution in [0.5, 0.6) is 0 Å². The molecule has 0 bridgehead atoms. The van der Waals surface area contributed by atoms with Gasteiger partial charge in [0.2, 0.25) is 10.0 Å². The van der Waals surface area contributed by atoms with Crippen LogP contribution in [0.2, 0.25) is 5.02 Å². The molecule has 0 saturated heterocycles. The lowest BCUT2D eigenvalue weighted by atomic mass is 10.1. The number of hydrogen-bond acceptors (Lipinski definition) is 5. The Labute approximate surface area is 168 Å². The molecule has 0 spiro atoms. The number of carbonyl (C=O) groups is 2. The lowest BCUT2D eigenvalue weighted by Gasteiger charge is -2.12. The van der Waals surface area contributed by atoms with Crippen molar-refractivity contribution in [2.45, 2.75) is 0 Å². The van der Waals surface area contributed by atoms with Gasteiger partial charge >= 0.3 is 0 Å². The summed E-state index contributed by atoms with van der Waals surface area (Å²) in [6, 6.07) is 10.7. The van der Waals surface area contributed by atoms with E-state index in [0.29, 0.717) is 24.4 Å². The third-order valence-electron chi connectivity index (χ3n) is 3.53. The van der Waals surface area contributed by atoms with Gasteiger partial charge in [0, 0.05) is 19.3 Å². The maximum atomic E-state index is 12.6. The number of methoxy groups -OCH3 is 1. The van der Waals surface area contributed by atoms with Crippen LogP contribution in [0, 0.1) is 0 Å². The minimum atomic E-state index is -3.46. The second-order valence-corrected chi connectivity index (χ2v) is 7.97. The first-order chi connectivity index (χ1) is 13.2. The highest BCUT2D eigenvalue weighted by Gasteiger charge is 2.16. The molecule has 0 radical (unpaired) electrons. The maximum absolute atomic E-state index is 12.6. The van der Waals surface area contributed by atoms with Gasteiger partial charge in [-0.2, -0.15) is 0 Å². The maximum Gasteiger partial charge on any atom is 0.257 e. The van der Waals surface area contributed by atoms with Crippen LogP contribution in [0.15, 0.2) is 42.5 Å². The van der Waals surface area contributed by atoms with Crippen LogP contribution >= 0.6 is 11.6 Å². The molecule has 3 N–H and O–H groups in total. The Morgan fingerprint density at radius 2 is 1.79 bits per heavy atom. The summed E-state index contributed by atoms with van der Waals surface area (Å²) in [4.78, 5) is 24.9. The number of sulfonamides is 1. The first kappa shape index (κ1) is 21.7. The number of rotatable bonds is 8. The zero-order chi connectivity index (χ0) is 20.7. The number of halogens is 1. The Morgan fingerprint density at radius 1 is 1.07 bits per heavy atom. The van der Waals surface area contributed by atoms with Crippen LogP contribution in [-0.2, 0) is 14.8 Å². The molecule has 2 rings (SSSR count). The molecule has 8 nitrogen and oxygen atoms in total. The fourth-order valence-electron chi connectivity index (χ4n) is 2.32. The summed E-state index contributed by atoms with van der Waals surface area (Å²) in [6.07, 6.45) is 1.01. The molecule has 0 heterocycles. The van der Waals surface area contributed by atoms with Crippen LogP contribution in [0.25, 0.3) is 0 Å².